The van der Waals surface area contributed by atoms with Crippen LogP contribution in [0.5, 0.6) is 0 Å². The van der Waals surface area contributed by atoms with Crippen LogP contribution in [-0.2, 0) is 0 Å². The second-order valence-corrected chi connectivity index (χ2v) is 5.80. The van der Waals surface area contributed by atoms with Gasteiger partial charge in [-0.2, -0.15) is 4.98 Å². The van der Waals surface area contributed by atoms with Crippen molar-refractivity contribution < 1.29 is 0 Å². The van der Waals surface area contributed by atoms with E-state index >= 15 is 0 Å². The molecule has 0 fully saturated rings. The molecule has 116 valence electrons. The fourth-order valence-corrected chi connectivity index (χ4v) is 2.46. The molecule has 4 nitrogen and oxygen atoms in total. The van der Waals surface area contributed by atoms with Crippen LogP contribution in [0.1, 0.15) is 5.69 Å². The van der Waals surface area contributed by atoms with Crippen LogP contribution in [0, 0.1) is 6.92 Å². The summed E-state index contributed by atoms with van der Waals surface area (Å²) in [5.41, 5.74) is 2.45. The van der Waals surface area contributed by atoms with Crippen LogP contribution >= 0.6 is 23.2 Å². The summed E-state index contributed by atoms with van der Waals surface area (Å²) in [6.07, 6.45) is 0. The third-order valence-electron chi connectivity index (χ3n) is 3.07. The molecule has 0 atom stereocenters. The second kappa shape index (κ2) is 6.86. The van der Waals surface area contributed by atoms with Crippen molar-refractivity contribution in [3.8, 4) is 0 Å². The number of nitrogens with one attached hydrogen (secondary N) is 2. The molecule has 0 amide bonds. The lowest BCUT2D eigenvalue weighted by atomic mass is 10.3. The van der Waals surface area contributed by atoms with Gasteiger partial charge in [-0.1, -0.05) is 41.4 Å². The summed E-state index contributed by atoms with van der Waals surface area (Å²) in [5, 5.41) is 7.63. The maximum Gasteiger partial charge on any atom is 0.229 e. The predicted octanol–water partition coefficient (Wildman–Crippen LogP) is 5.58. The maximum absolute atomic E-state index is 6.16. The normalized spacial score (nSPS) is 10.4. The summed E-state index contributed by atoms with van der Waals surface area (Å²) >= 11 is 12.2. The molecule has 2 aromatic carbocycles. The lowest BCUT2D eigenvalue weighted by Crippen LogP contribution is -2.02. The van der Waals surface area contributed by atoms with Gasteiger partial charge in [-0.3, -0.25) is 0 Å². The first-order valence-electron chi connectivity index (χ1n) is 7.00. The predicted molar refractivity (Wildman–Crippen MR) is 96.2 cm³/mol. The molecule has 0 radical (unpaired) electrons. The standard InChI is InChI=1S/C17H14Cl2N4/c1-11-9-16(22-15-8-3-2-7-14(15)19)23-17(20-11)21-13-6-4-5-12(18)10-13/h2-10H,1H3,(H2,20,21,22,23). The molecule has 2 N–H and O–H groups in total. The Labute approximate surface area is 144 Å². The number of hydrogen-bond donors (Lipinski definition) is 2. The number of anilines is 4. The summed E-state index contributed by atoms with van der Waals surface area (Å²) in [6, 6.07) is 16.8. The van der Waals surface area contributed by atoms with E-state index in [1.165, 1.54) is 0 Å². The topological polar surface area (TPSA) is 49.8 Å². The Morgan fingerprint density at radius 2 is 1.70 bits per heavy atom. The van der Waals surface area contributed by atoms with Gasteiger partial charge in [0.2, 0.25) is 5.95 Å². The van der Waals surface area contributed by atoms with Crippen molar-refractivity contribution in [3.05, 3.63) is 70.3 Å². The molecule has 0 unspecified atom stereocenters. The summed E-state index contributed by atoms with van der Waals surface area (Å²) < 4.78 is 0. The second-order valence-electron chi connectivity index (χ2n) is 4.96. The van der Waals surface area contributed by atoms with Gasteiger partial charge in [0, 0.05) is 22.5 Å². The largest absolute Gasteiger partial charge is 0.339 e. The minimum Gasteiger partial charge on any atom is -0.339 e. The highest BCUT2D eigenvalue weighted by Crippen LogP contribution is 2.25. The van der Waals surface area contributed by atoms with Crippen LogP contribution in [-0.4, -0.2) is 9.97 Å². The highest BCUT2D eigenvalue weighted by Gasteiger charge is 2.05. The van der Waals surface area contributed by atoms with Gasteiger partial charge in [0.1, 0.15) is 5.82 Å². The van der Waals surface area contributed by atoms with E-state index in [1.807, 2.05) is 61.5 Å². The minimum absolute atomic E-state index is 0.488. The van der Waals surface area contributed by atoms with E-state index < -0.39 is 0 Å². The van der Waals surface area contributed by atoms with Crippen LogP contribution in [0.3, 0.4) is 0 Å². The molecule has 3 rings (SSSR count). The van der Waals surface area contributed by atoms with E-state index in [2.05, 4.69) is 20.6 Å². The van der Waals surface area contributed by atoms with Crippen LogP contribution < -0.4 is 10.6 Å². The van der Waals surface area contributed by atoms with E-state index in [0.717, 1.165) is 17.1 Å². The molecule has 0 bridgehead atoms. The minimum atomic E-state index is 0.488. The fraction of sp³-hybridized carbons (Fsp3) is 0.0588. The van der Waals surface area contributed by atoms with E-state index in [-0.39, 0.29) is 0 Å². The number of aryl methyl sites for hydroxylation is 1. The highest BCUT2D eigenvalue weighted by molar-refractivity contribution is 6.33. The molecule has 3 aromatic rings. The van der Waals surface area contributed by atoms with Gasteiger partial charge in [-0.25, -0.2) is 4.98 Å². The number of para-hydroxylation sites is 1. The first kappa shape index (κ1) is 15.6. The molecule has 6 heteroatoms. The highest BCUT2D eigenvalue weighted by atomic mass is 35.5. The van der Waals surface area contributed by atoms with Gasteiger partial charge in [0.05, 0.1) is 10.7 Å². The molecule has 23 heavy (non-hydrogen) atoms. The first-order valence-corrected chi connectivity index (χ1v) is 7.75. The van der Waals surface area contributed by atoms with Crippen molar-refractivity contribution >= 4 is 46.3 Å². The zero-order chi connectivity index (χ0) is 16.2. The SMILES string of the molecule is Cc1cc(Nc2ccccc2Cl)nc(Nc2cccc(Cl)c2)n1. The molecule has 0 saturated carbocycles. The lowest BCUT2D eigenvalue weighted by Gasteiger charge is -2.11. The van der Waals surface area contributed by atoms with Crippen molar-refractivity contribution in [1.29, 1.82) is 0 Å². The van der Waals surface area contributed by atoms with Crippen molar-refractivity contribution in [1.82, 2.24) is 9.97 Å². The lowest BCUT2D eigenvalue weighted by molar-refractivity contribution is 1.11. The van der Waals surface area contributed by atoms with Crippen LogP contribution in [0.4, 0.5) is 23.1 Å². The molecular formula is C17H14Cl2N4. The van der Waals surface area contributed by atoms with Crippen LogP contribution in [0.15, 0.2) is 54.6 Å². The van der Waals surface area contributed by atoms with Gasteiger partial charge >= 0.3 is 0 Å². The summed E-state index contributed by atoms with van der Waals surface area (Å²) in [4.78, 5) is 8.84. The van der Waals surface area contributed by atoms with Gasteiger partial charge in [0.25, 0.3) is 0 Å². The third-order valence-corrected chi connectivity index (χ3v) is 3.64. The van der Waals surface area contributed by atoms with Gasteiger partial charge in [-0.15, -0.1) is 0 Å². The van der Waals surface area contributed by atoms with Crippen molar-refractivity contribution in [3.63, 3.8) is 0 Å². The van der Waals surface area contributed by atoms with Crippen molar-refractivity contribution in [2.45, 2.75) is 6.92 Å². The van der Waals surface area contributed by atoms with Crippen molar-refractivity contribution in [2.75, 3.05) is 10.6 Å². The van der Waals surface area contributed by atoms with E-state index in [0.29, 0.717) is 21.8 Å². The van der Waals surface area contributed by atoms with E-state index in [1.54, 1.807) is 0 Å². The van der Waals surface area contributed by atoms with Gasteiger partial charge < -0.3 is 10.6 Å². The van der Waals surface area contributed by atoms with Crippen LogP contribution in [0.2, 0.25) is 10.0 Å². The molecule has 1 heterocycles. The van der Waals surface area contributed by atoms with E-state index in [4.69, 9.17) is 23.2 Å². The van der Waals surface area contributed by atoms with Gasteiger partial charge in [0.15, 0.2) is 0 Å². The number of hydrogen-bond acceptors (Lipinski definition) is 4. The summed E-state index contributed by atoms with van der Waals surface area (Å²) in [6.45, 7) is 1.91. The Morgan fingerprint density at radius 1 is 0.870 bits per heavy atom. The zero-order valence-corrected chi connectivity index (χ0v) is 13.9. The monoisotopic (exact) mass is 344 g/mol. The van der Waals surface area contributed by atoms with Crippen molar-refractivity contribution in [2.24, 2.45) is 0 Å². The van der Waals surface area contributed by atoms with E-state index in [9.17, 15) is 0 Å². The molecule has 0 aliphatic rings. The zero-order valence-electron chi connectivity index (χ0n) is 12.3. The summed E-state index contributed by atoms with van der Waals surface area (Å²) in [7, 11) is 0. The molecular weight excluding hydrogens is 331 g/mol. The number of benzene rings is 2. The van der Waals surface area contributed by atoms with Gasteiger partial charge in [-0.05, 0) is 37.3 Å². The molecule has 1 aromatic heterocycles. The Kier molecular flexibility index (Phi) is 4.65. The smallest absolute Gasteiger partial charge is 0.229 e. The average molecular weight is 345 g/mol. The quantitative estimate of drug-likeness (QED) is 0.648. The summed E-state index contributed by atoms with van der Waals surface area (Å²) in [5.74, 6) is 1.15. The maximum atomic E-state index is 6.16. The first-order chi connectivity index (χ1) is 11.1. The Morgan fingerprint density at radius 3 is 2.48 bits per heavy atom. The Balaban J connectivity index is 1.86. The number of nitrogens with zero attached hydrogens (tertiary/aromatic N) is 2. The molecule has 0 aliphatic carbocycles. The fourth-order valence-electron chi connectivity index (χ4n) is 2.08. The number of rotatable bonds is 4. The third kappa shape index (κ3) is 4.12. The van der Waals surface area contributed by atoms with Crippen LogP contribution in [0.25, 0.3) is 0 Å². The number of aromatic nitrogens is 2. The Hall–Kier alpha value is -2.30. The number of halogens is 2. The Bertz CT molecular complexity index is 836. The molecule has 0 saturated heterocycles. The average Bonchev–Trinajstić information content (AvgIpc) is 2.49. The molecule has 0 aliphatic heterocycles. The molecule has 0 spiro atoms.